The molecule has 15 rings (SSSR count). The molecule has 11 aromatic rings. The molecule has 69 heavy (non-hydrogen) atoms. The molecule has 1 fully saturated rings. The Kier molecular flexibility index (Phi) is 7.96. The van der Waals surface area contributed by atoms with Crippen molar-refractivity contribution in [3.05, 3.63) is 199 Å². The lowest BCUT2D eigenvalue weighted by molar-refractivity contribution is 0.195. The first-order valence-electron chi connectivity index (χ1n) is 24.7. The van der Waals surface area contributed by atoms with Crippen molar-refractivity contribution >= 4 is 112 Å². The smallest absolute Gasteiger partial charge is 0.252 e. The number of hydrogen-bond acceptors (Lipinski definition) is 5. The van der Waals surface area contributed by atoms with Gasteiger partial charge in [-0.3, -0.25) is 0 Å². The zero-order valence-electron chi connectivity index (χ0n) is 39.0. The van der Waals surface area contributed by atoms with Crippen LogP contribution in [0.5, 0.6) is 0 Å². The van der Waals surface area contributed by atoms with Crippen LogP contribution in [0.2, 0.25) is 0 Å². The molecule has 1 saturated carbocycles. The third-order valence-electron chi connectivity index (χ3n) is 16.8. The van der Waals surface area contributed by atoms with Gasteiger partial charge in [0.25, 0.3) is 6.71 Å². The first-order valence-corrected chi connectivity index (χ1v) is 24.7. The van der Waals surface area contributed by atoms with Crippen molar-refractivity contribution in [2.45, 2.75) is 57.4 Å². The normalized spacial score (nSPS) is 19.0. The van der Waals surface area contributed by atoms with Crippen LogP contribution in [-0.2, 0) is 5.41 Å². The number of furan rings is 2. The summed E-state index contributed by atoms with van der Waals surface area (Å²) in [5.74, 6) is 0. The van der Waals surface area contributed by atoms with Crippen molar-refractivity contribution in [3.63, 3.8) is 0 Å². The Hall–Kier alpha value is -7.96. The maximum atomic E-state index is 6.61. The van der Waals surface area contributed by atoms with Crippen molar-refractivity contribution in [3.8, 4) is 11.1 Å². The lowest BCUT2D eigenvalue weighted by Gasteiger charge is -2.50. The molecule has 2 unspecified atom stereocenters. The van der Waals surface area contributed by atoms with E-state index < -0.39 is 0 Å². The van der Waals surface area contributed by atoms with Crippen LogP contribution in [0.25, 0.3) is 55.0 Å². The summed E-state index contributed by atoms with van der Waals surface area (Å²) < 4.78 is 13.1. The largest absolute Gasteiger partial charge is 0.456 e. The quantitative estimate of drug-likeness (QED) is 0.165. The highest BCUT2D eigenvalue weighted by Gasteiger charge is 2.57. The fourth-order valence-corrected chi connectivity index (χ4v) is 13.5. The van der Waals surface area contributed by atoms with Gasteiger partial charge in [-0.05, 0) is 144 Å². The average Bonchev–Trinajstić information content (AvgIpc) is 4.02. The van der Waals surface area contributed by atoms with Crippen molar-refractivity contribution in [2.24, 2.45) is 0 Å². The van der Waals surface area contributed by atoms with Crippen LogP contribution >= 0.6 is 0 Å². The summed E-state index contributed by atoms with van der Waals surface area (Å²) in [4.78, 5) is 7.84. The lowest BCUT2D eigenvalue weighted by Crippen LogP contribution is -2.61. The molecule has 330 valence electrons. The molecule has 0 N–H and O–H groups in total. The summed E-state index contributed by atoms with van der Waals surface area (Å²) in [6.07, 6.45) is 4.81. The molecular formula is C63H48BN3O2. The minimum atomic E-state index is -0.0803. The monoisotopic (exact) mass is 889 g/mol. The van der Waals surface area contributed by atoms with E-state index in [2.05, 4.69) is 224 Å². The highest BCUT2D eigenvalue weighted by Crippen LogP contribution is 2.61. The van der Waals surface area contributed by atoms with Gasteiger partial charge in [-0.1, -0.05) is 129 Å². The lowest BCUT2D eigenvalue weighted by atomic mass is 9.33. The molecule has 0 spiro atoms. The number of rotatable bonds is 4. The van der Waals surface area contributed by atoms with Gasteiger partial charge in [-0.25, -0.2) is 0 Å². The van der Waals surface area contributed by atoms with E-state index in [4.69, 9.17) is 8.83 Å². The van der Waals surface area contributed by atoms with E-state index in [-0.39, 0.29) is 17.7 Å². The van der Waals surface area contributed by atoms with Gasteiger partial charge in [0.2, 0.25) is 0 Å². The molecule has 2 aromatic heterocycles. The Bertz CT molecular complexity index is 3960. The molecule has 0 radical (unpaired) electrons. The van der Waals surface area contributed by atoms with Crippen LogP contribution in [0.3, 0.4) is 0 Å². The summed E-state index contributed by atoms with van der Waals surface area (Å²) in [6.45, 7) is 7.28. The Balaban J connectivity index is 1.03. The number of para-hydroxylation sites is 3. The fraction of sp³-hybridized carbons (Fsp3) is 0.143. The number of aryl methyl sites for hydroxylation is 1. The number of benzene rings is 9. The zero-order chi connectivity index (χ0) is 45.8. The predicted octanol–water partition coefficient (Wildman–Crippen LogP) is 15.3. The molecule has 5 heterocycles. The van der Waals surface area contributed by atoms with E-state index in [1.165, 1.54) is 92.0 Å². The topological polar surface area (TPSA) is 36.0 Å². The van der Waals surface area contributed by atoms with Crippen molar-refractivity contribution in [1.82, 2.24) is 0 Å². The van der Waals surface area contributed by atoms with Crippen LogP contribution in [-0.4, -0.2) is 12.3 Å². The number of anilines is 8. The molecule has 3 aliphatic heterocycles. The van der Waals surface area contributed by atoms with Crippen LogP contribution in [0.15, 0.2) is 197 Å². The Morgan fingerprint density at radius 3 is 1.94 bits per heavy atom. The third-order valence-corrected chi connectivity index (χ3v) is 16.8. The van der Waals surface area contributed by atoms with E-state index in [1.807, 2.05) is 0 Å². The predicted molar refractivity (Wildman–Crippen MR) is 288 cm³/mol. The molecule has 6 heteroatoms. The third kappa shape index (κ3) is 5.26. The highest BCUT2D eigenvalue weighted by atomic mass is 16.3. The molecule has 1 aliphatic carbocycles. The van der Waals surface area contributed by atoms with Gasteiger partial charge in [0.05, 0.1) is 16.6 Å². The average molecular weight is 890 g/mol. The van der Waals surface area contributed by atoms with Crippen molar-refractivity contribution in [2.75, 3.05) is 14.7 Å². The summed E-state index contributed by atoms with van der Waals surface area (Å²) >= 11 is 0. The van der Waals surface area contributed by atoms with E-state index in [0.717, 1.165) is 61.7 Å². The molecule has 2 atom stereocenters. The van der Waals surface area contributed by atoms with Gasteiger partial charge in [-0.2, -0.15) is 0 Å². The van der Waals surface area contributed by atoms with Crippen LogP contribution < -0.4 is 31.1 Å². The molecule has 0 bridgehead atoms. The van der Waals surface area contributed by atoms with Gasteiger partial charge in [0.15, 0.2) is 0 Å². The number of hydrogen-bond donors (Lipinski definition) is 0. The van der Waals surface area contributed by atoms with Gasteiger partial charge in [0.1, 0.15) is 22.3 Å². The van der Waals surface area contributed by atoms with E-state index >= 15 is 0 Å². The molecular weight excluding hydrogens is 842 g/mol. The molecule has 0 saturated heterocycles. The van der Waals surface area contributed by atoms with Gasteiger partial charge in [-0.15, -0.1) is 0 Å². The van der Waals surface area contributed by atoms with Crippen LogP contribution in [0.4, 0.5) is 45.5 Å². The van der Waals surface area contributed by atoms with Crippen LogP contribution in [0, 0.1) is 6.92 Å². The minimum absolute atomic E-state index is 0.0365. The van der Waals surface area contributed by atoms with E-state index in [1.54, 1.807) is 0 Å². The first kappa shape index (κ1) is 39.1. The first-order chi connectivity index (χ1) is 33.9. The summed E-state index contributed by atoms with van der Waals surface area (Å²) in [7, 11) is 0. The second kappa shape index (κ2) is 14.1. The van der Waals surface area contributed by atoms with Crippen molar-refractivity contribution in [1.29, 1.82) is 0 Å². The molecule has 0 amide bonds. The zero-order valence-corrected chi connectivity index (χ0v) is 39.0. The molecule has 4 aliphatic rings. The SMILES string of the molecule is Cc1cc2c3c(c1)N(c1cccc4oc5ccccc5c14)c1cc(-c4ccccc4)ccc1B3c1ccc(N3c4ccccc4C4(C)CCCCC34C)cc1N2c1ccc2oc3ccccc3c2c1. The fourth-order valence-electron chi connectivity index (χ4n) is 13.5. The second-order valence-electron chi connectivity index (χ2n) is 20.4. The van der Waals surface area contributed by atoms with Gasteiger partial charge in [0, 0.05) is 61.4 Å². The number of nitrogens with zero attached hydrogens (tertiary/aromatic N) is 3. The summed E-state index contributed by atoms with van der Waals surface area (Å²) in [5.41, 5.74) is 22.0. The second-order valence-corrected chi connectivity index (χ2v) is 20.4. The summed E-state index contributed by atoms with van der Waals surface area (Å²) in [5, 5.41) is 4.46. The summed E-state index contributed by atoms with van der Waals surface area (Å²) in [6, 6.07) is 69.7. The van der Waals surface area contributed by atoms with Gasteiger partial charge < -0.3 is 23.5 Å². The maximum Gasteiger partial charge on any atom is 0.252 e. The molecule has 9 aromatic carbocycles. The van der Waals surface area contributed by atoms with E-state index in [9.17, 15) is 0 Å². The van der Waals surface area contributed by atoms with E-state index in [0.29, 0.717) is 0 Å². The Labute approximate surface area is 401 Å². The standard InChI is InChI=1S/C63H48BN3O2/c1-39-34-54-61-55(35-39)66(51-22-15-25-59-60(51)45-19-8-12-24-57(45)69-59)52-36-41(40-16-5-4-6-17-40)26-29-48(52)64(61)49-30-27-43(67-50-21-10-9-20-47(50)62(2)32-13-14-33-63(62,67)3)38-53(49)65(54)42-28-31-58-46(37-42)44-18-7-11-23-56(44)68-58/h4-12,15-31,34-38H,13-14,32-33H2,1-3H3. The van der Waals surface area contributed by atoms with Crippen LogP contribution in [0.1, 0.15) is 50.7 Å². The maximum absolute atomic E-state index is 6.61. The van der Waals surface area contributed by atoms with Crippen molar-refractivity contribution < 1.29 is 8.83 Å². The van der Waals surface area contributed by atoms with Gasteiger partial charge >= 0.3 is 0 Å². The molecule has 5 nitrogen and oxygen atoms in total. The Morgan fingerprint density at radius 1 is 0.449 bits per heavy atom. The minimum Gasteiger partial charge on any atom is -0.456 e. The highest BCUT2D eigenvalue weighted by molar-refractivity contribution is 7.00. The number of fused-ring (bicyclic) bond motifs is 13. The Morgan fingerprint density at radius 2 is 1.09 bits per heavy atom.